The van der Waals surface area contributed by atoms with Crippen LogP contribution in [0.25, 0.3) is 0 Å². The summed E-state index contributed by atoms with van der Waals surface area (Å²) in [4.78, 5) is 1.34. The van der Waals surface area contributed by atoms with Crippen molar-refractivity contribution in [1.82, 2.24) is 0 Å². The van der Waals surface area contributed by atoms with Crippen molar-refractivity contribution in [2.45, 2.75) is 17.2 Å². The van der Waals surface area contributed by atoms with E-state index in [1.165, 1.54) is 10.5 Å². The van der Waals surface area contributed by atoms with Crippen molar-refractivity contribution in [3.05, 3.63) is 65.2 Å². The van der Waals surface area contributed by atoms with Gasteiger partial charge in [0.2, 0.25) is 0 Å². The van der Waals surface area contributed by atoms with Crippen LogP contribution in [-0.2, 0) is 0 Å². The average Bonchev–Trinajstić information content (AvgIpc) is 2.46. The van der Waals surface area contributed by atoms with Crippen molar-refractivity contribution in [1.29, 1.82) is 0 Å². The molecule has 0 nitrogen and oxygen atoms in total. The number of alkyl halides is 1. The fourth-order valence-corrected chi connectivity index (χ4v) is 3.71. The molecular weight excluding hydrogens is 340 g/mol. The van der Waals surface area contributed by atoms with E-state index in [-0.39, 0.29) is 0 Å². The fraction of sp³-hybridized carbons (Fsp3) is 0.250. The maximum absolute atomic E-state index is 5.93. The first-order chi connectivity index (χ1) is 9.29. The third-order valence-corrected chi connectivity index (χ3v) is 5.08. The van der Waals surface area contributed by atoms with Crippen LogP contribution < -0.4 is 0 Å². The van der Waals surface area contributed by atoms with Crippen LogP contribution in [0.3, 0.4) is 0 Å². The Hall–Kier alpha value is -0.440. The molecule has 0 aliphatic rings. The van der Waals surface area contributed by atoms with E-state index in [1.807, 2.05) is 23.9 Å². The number of benzene rings is 2. The van der Waals surface area contributed by atoms with Crippen LogP contribution in [0.1, 0.15) is 17.9 Å². The molecule has 19 heavy (non-hydrogen) atoms. The first-order valence-electron chi connectivity index (χ1n) is 6.29. The number of halogens is 2. The Labute approximate surface area is 132 Å². The smallest absolute Gasteiger partial charge is 0.0406 e. The van der Waals surface area contributed by atoms with Gasteiger partial charge in [-0.15, -0.1) is 11.8 Å². The molecule has 0 fully saturated rings. The normalized spacial score (nSPS) is 12.3. The zero-order chi connectivity index (χ0) is 13.5. The molecule has 0 saturated carbocycles. The zero-order valence-electron chi connectivity index (χ0n) is 10.6. The highest BCUT2D eigenvalue weighted by molar-refractivity contribution is 9.09. The van der Waals surface area contributed by atoms with Gasteiger partial charge in [0, 0.05) is 15.2 Å². The molecule has 100 valence electrons. The largest absolute Gasteiger partial charge is 0.126 e. The minimum Gasteiger partial charge on any atom is -0.126 e. The van der Waals surface area contributed by atoms with Gasteiger partial charge in [-0.2, -0.15) is 0 Å². The van der Waals surface area contributed by atoms with E-state index in [9.17, 15) is 0 Å². The molecule has 0 spiro atoms. The summed E-state index contributed by atoms with van der Waals surface area (Å²) in [6, 6.07) is 18.7. The van der Waals surface area contributed by atoms with Crippen LogP contribution in [-0.4, -0.2) is 11.1 Å². The fourth-order valence-electron chi connectivity index (χ4n) is 1.90. The van der Waals surface area contributed by atoms with Crippen LogP contribution in [0, 0.1) is 0 Å². The molecule has 0 heterocycles. The topological polar surface area (TPSA) is 0 Å². The summed E-state index contributed by atoms with van der Waals surface area (Å²) < 4.78 is 0. The molecule has 0 N–H and O–H groups in total. The van der Waals surface area contributed by atoms with E-state index in [1.54, 1.807) is 0 Å². The molecule has 0 bridgehead atoms. The van der Waals surface area contributed by atoms with Gasteiger partial charge in [-0.3, -0.25) is 0 Å². The van der Waals surface area contributed by atoms with Crippen LogP contribution in [0.4, 0.5) is 0 Å². The van der Waals surface area contributed by atoms with Crippen molar-refractivity contribution in [2.75, 3.05) is 11.1 Å². The van der Waals surface area contributed by atoms with Crippen molar-refractivity contribution >= 4 is 39.3 Å². The Bertz CT molecular complexity index is 484. The van der Waals surface area contributed by atoms with Gasteiger partial charge in [0.1, 0.15) is 0 Å². The zero-order valence-corrected chi connectivity index (χ0v) is 13.7. The van der Waals surface area contributed by atoms with Gasteiger partial charge in [0.15, 0.2) is 0 Å². The van der Waals surface area contributed by atoms with Gasteiger partial charge in [0.25, 0.3) is 0 Å². The molecule has 2 rings (SSSR count). The molecule has 2 aromatic carbocycles. The molecule has 0 aliphatic carbocycles. The molecule has 0 amide bonds. The minimum atomic E-state index is 0.550. The van der Waals surface area contributed by atoms with E-state index in [4.69, 9.17) is 11.6 Å². The second-order valence-corrected chi connectivity index (χ2v) is 6.61. The monoisotopic (exact) mass is 354 g/mol. The van der Waals surface area contributed by atoms with Crippen LogP contribution >= 0.6 is 39.3 Å². The minimum absolute atomic E-state index is 0.550. The molecular formula is C16H16BrClS. The van der Waals surface area contributed by atoms with Gasteiger partial charge in [0.05, 0.1) is 0 Å². The second-order valence-electron chi connectivity index (χ2n) is 4.35. The molecule has 1 unspecified atom stereocenters. The third-order valence-electron chi connectivity index (χ3n) is 3.01. The highest BCUT2D eigenvalue weighted by Gasteiger charge is 2.10. The van der Waals surface area contributed by atoms with E-state index < -0.39 is 0 Å². The summed E-state index contributed by atoms with van der Waals surface area (Å²) in [5.74, 6) is 1.68. The van der Waals surface area contributed by atoms with Gasteiger partial charge >= 0.3 is 0 Å². The number of hydrogen-bond acceptors (Lipinski definition) is 1. The van der Waals surface area contributed by atoms with E-state index >= 15 is 0 Å². The van der Waals surface area contributed by atoms with Crippen LogP contribution in [0.2, 0.25) is 5.02 Å². The van der Waals surface area contributed by atoms with Gasteiger partial charge in [-0.25, -0.2) is 0 Å². The van der Waals surface area contributed by atoms with Crippen molar-refractivity contribution < 1.29 is 0 Å². The maximum atomic E-state index is 5.93. The molecule has 1 atom stereocenters. The number of rotatable bonds is 6. The summed E-state index contributed by atoms with van der Waals surface area (Å²) in [6.45, 7) is 0. The van der Waals surface area contributed by atoms with E-state index in [0.717, 1.165) is 22.5 Å². The van der Waals surface area contributed by atoms with Crippen LogP contribution in [0.15, 0.2) is 59.5 Å². The van der Waals surface area contributed by atoms with E-state index in [0.29, 0.717) is 5.92 Å². The van der Waals surface area contributed by atoms with Gasteiger partial charge in [-0.05, 0) is 47.9 Å². The standard InChI is InChI=1S/C16H16BrClS/c17-12-14(13-6-8-15(18)9-7-13)10-11-19-16-4-2-1-3-5-16/h1-9,14H,10-12H2. The lowest BCUT2D eigenvalue weighted by atomic mass is 9.99. The molecule has 0 radical (unpaired) electrons. The Balaban J connectivity index is 1.87. The SMILES string of the molecule is Clc1ccc(C(CBr)CCSc2ccccc2)cc1. The predicted molar refractivity (Wildman–Crippen MR) is 89.8 cm³/mol. The maximum Gasteiger partial charge on any atom is 0.0406 e. The van der Waals surface area contributed by atoms with Crippen molar-refractivity contribution in [3.8, 4) is 0 Å². The molecule has 2 aromatic rings. The molecule has 0 aromatic heterocycles. The average molecular weight is 356 g/mol. The Morgan fingerprint density at radius 3 is 2.32 bits per heavy atom. The Morgan fingerprint density at radius 1 is 1.00 bits per heavy atom. The summed E-state index contributed by atoms with van der Waals surface area (Å²) in [5.41, 5.74) is 1.36. The summed E-state index contributed by atoms with van der Waals surface area (Å²) in [6.07, 6.45) is 1.16. The highest BCUT2D eigenvalue weighted by Crippen LogP contribution is 2.27. The number of hydrogen-bond donors (Lipinski definition) is 0. The van der Waals surface area contributed by atoms with Crippen LogP contribution in [0.5, 0.6) is 0 Å². The van der Waals surface area contributed by atoms with Gasteiger partial charge in [-0.1, -0.05) is 57.9 Å². The third kappa shape index (κ3) is 4.87. The predicted octanol–water partition coefficient (Wildman–Crippen LogP) is 6.00. The lowest BCUT2D eigenvalue weighted by molar-refractivity contribution is 0.756. The second kappa shape index (κ2) is 7.98. The van der Waals surface area contributed by atoms with Crippen molar-refractivity contribution in [3.63, 3.8) is 0 Å². The Morgan fingerprint density at radius 2 is 1.68 bits per heavy atom. The first kappa shape index (κ1) is 15.0. The van der Waals surface area contributed by atoms with Crippen molar-refractivity contribution in [2.24, 2.45) is 0 Å². The quantitative estimate of drug-likeness (QED) is 0.452. The first-order valence-corrected chi connectivity index (χ1v) is 8.77. The lowest BCUT2D eigenvalue weighted by Gasteiger charge is -2.14. The highest BCUT2D eigenvalue weighted by atomic mass is 79.9. The molecule has 3 heteroatoms. The molecule has 0 saturated heterocycles. The summed E-state index contributed by atoms with van der Waals surface area (Å²) in [5, 5.41) is 1.79. The lowest BCUT2D eigenvalue weighted by Crippen LogP contribution is -2.01. The Kier molecular flexibility index (Phi) is 6.29. The number of thioether (sulfide) groups is 1. The molecule has 0 aliphatic heterocycles. The summed E-state index contributed by atoms with van der Waals surface area (Å²) >= 11 is 11.5. The van der Waals surface area contributed by atoms with Gasteiger partial charge < -0.3 is 0 Å². The van der Waals surface area contributed by atoms with E-state index in [2.05, 4.69) is 58.4 Å². The summed E-state index contributed by atoms with van der Waals surface area (Å²) in [7, 11) is 0.